The van der Waals surface area contributed by atoms with Crippen molar-refractivity contribution in [3.8, 4) is 11.3 Å². The van der Waals surface area contributed by atoms with Crippen LogP contribution in [0.15, 0.2) is 29.6 Å². The van der Waals surface area contributed by atoms with E-state index in [9.17, 15) is 0 Å². The molecule has 0 radical (unpaired) electrons. The van der Waals surface area contributed by atoms with Crippen molar-refractivity contribution in [2.24, 2.45) is 5.73 Å². The molecule has 2 aromatic rings. The van der Waals surface area contributed by atoms with E-state index in [1.54, 1.807) is 0 Å². The van der Waals surface area contributed by atoms with Gasteiger partial charge in [-0.3, -0.25) is 0 Å². The quantitative estimate of drug-likeness (QED) is 0.827. The van der Waals surface area contributed by atoms with Gasteiger partial charge >= 0.3 is 0 Å². The molecule has 0 unspecified atom stereocenters. The summed E-state index contributed by atoms with van der Waals surface area (Å²) in [6, 6.07) is 8.02. The molecule has 1 heterocycles. The lowest BCUT2D eigenvalue weighted by Crippen LogP contribution is -2.10. The molecule has 3 nitrogen and oxygen atoms in total. The maximum atomic E-state index is 5.47. The lowest BCUT2D eigenvalue weighted by Gasteiger charge is -2.00. The number of hydrogen-bond acceptors (Lipinski definition) is 4. The average Bonchev–Trinajstić information content (AvgIpc) is 2.71. The zero-order chi connectivity index (χ0) is 10.7. The number of nitrogens with two attached hydrogens (primary N) is 1. The predicted octanol–water partition coefficient (Wildman–Crippen LogP) is 2.03. The zero-order valence-corrected chi connectivity index (χ0v) is 9.52. The van der Waals surface area contributed by atoms with Crippen molar-refractivity contribution in [3.05, 3.63) is 35.2 Å². The van der Waals surface area contributed by atoms with Crippen molar-refractivity contribution >= 4 is 28.7 Å². The molecule has 0 saturated heterocycles. The Kier molecular flexibility index (Phi) is 3.03. The van der Waals surface area contributed by atoms with Crippen LogP contribution in [0.3, 0.4) is 0 Å². The third-order valence-electron chi connectivity index (χ3n) is 1.99. The molecule has 5 heteroatoms. The number of hydrogen-bond donors (Lipinski definition) is 1. The van der Waals surface area contributed by atoms with E-state index in [2.05, 4.69) is 9.59 Å². The highest BCUT2D eigenvalue weighted by molar-refractivity contribution is 7.80. The Hall–Kier alpha value is -1.33. The summed E-state index contributed by atoms with van der Waals surface area (Å²) < 4.78 is 3.82. The van der Waals surface area contributed by atoms with E-state index in [-0.39, 0.29) is 0 Å². The summed E-state index contributed by atoms with van der Waals surface area (Å²) in [6.45, 7) is 0. The Morgan fingerprint density at radius 3 is 2.60 bits per heavy atom. The average molecular weight is 235 g/mol. The normalized spacial score (nSPS) is 10.1. The first kappa shape index (κ1) is 10.2. The second-order valence-electron chi connectivity index (χ2n) is 3.13. The molecule has 0 saturated carbocycles. The summed E-state index contributed by atoms with van der Waals surface area (Å²) in [5, 5.41) is 5.91. The molecule has 76 valence electrons. The first-order chi connectivity index (χ1) is 7.25. The number of thiocarbonyl (C=S) groups is 1. The maximum absolute atomic E-state index is 5.47. The van der Waals surface area contributed by atoms with Crippen LogP contribution in [-0.4, -0.2) is 14.6 Å². The van der Waals surface area contributed by atoms with Crippen LogP contribution in [0.5, 0.6) is 0 Å². The van der Waals surface area contributed by atoms with E-state index in [1.165, 1.54) is 11.5 Å². The number of benzene rings is 1. The third-order valence-corrected chi connectivity index (χ3v) is 2.64. The fourth-order valence-electron chi connectivity index (χ4n) is 1.28. The van der Waals surface area contributed by atoms with Crippen LogP contribution in [0.4, 0.5) is 0 Å². The summed E-state index contributed by atoms with van der Waals surface area (Å²) >= 11 is 6.19. The highest BCUT2D eigenvalue weighted by Crippen LogP contribution is 2.18. The molecule has 0 aliphatic carbocycles. The largest absolute Gasteiger partial charge is 0.393 e. The van der Waals surface area contributed by atoms with Gasteiger partial charge in [-0.05, 0) is 17.1 Å². The summed E-state index contributed by atoms with van der Waals surface area (Å²) in [5.74, 6) is 0. The van der Waals surface area contributed by atoms with Crippen molar-refractivity contribution in [3.63, 3.8) is 0 Å². The number of rotatable bonds is 3. The van der Waals surface area contributed by atoms with Gasteiger partial charge in [0, 0.05) is 17.4 Å². The standard InChI is InChI=1S/C10H9N3S2/c11-10(14)5-7-1-3-8(4-2-7)9-6-15-13-12-9/h1-4,6H,5H2,(H2,11,14). The van der Waals surface area contributed by atoms with Crippen LogP contribution in [0.25, 0.3) is 11.3 Å². The predicted molar refractivity (Wildman–Crippen MR) is 65.8 cm³/mol. The van der Waals surface area contributed by atoms with Gasteiger partial charge in [0.05, 0.1) is 4.99 Å². The summed E-state index contributed by atoms with van der Waals surface area (Å²) in [5.41, 5.74) is 8.56. The Morgan fingerprint density at radius 2 is 2.07 bits per heavy atom. The minimum Gasteiger partial charge on any atom is -0.393 e. The van der Waals surface area contributed by atoms with Crippen LogP contribution in [0, 0.1) is 0 Å². The van der Waals surface area contributed by atoms with Gasteiger partial charge in [0.15, 0.2) is 0 Å². The topological polar surface area (TPSA) is 51.8 Å². The molecule has 0 atom stereocenters. The first-order valence-corrected chi connectivity index (χ1v) is 5.65. The van der Waals surface area contributed by atoms with Gasteiger partial charge in [-0.25, -0.2) is 0 Å². The van der Waals surface area contributed by atoms with E-state index in [0.29, 0.717) is 11.4 Å². The summed E-state index contributed by atoms with van der Waals surface area (Å²) in [4.78, 5) is 0.512. The van der Waals surface area contributed by atoms with Crippen molar-refractivity contribution < 1.29 is 0 Å². The summed E-state index contributed by atoms with van der Waals surface area (Å²) in [6.07, 6.45) is 0.644. The van der Waals surface area contributed by atoms with Gasteiger partial charge in [0.1, 0.15) is 5.69 Å². The van der Waals surface area contributed by atoms with Gasteiger partial charge in [-0.1, -0.05) is 41.0 Å². The summed E-state index contributed by atoms with van der Waals surface area (Å²) in [7, 11) is 0. The third kappa shape index (κ3) is 2.57. The van der Waals surface area contributed by atoms with Crippen LogP contribution >= 0.6 is 23.8 Å². The second kappa shape index (κ2) is 4.46. The first-order valence-electron chi connectivity index (χ1n) is 4.40. The molecule has 0 fully saturated rings. The Morgan fingerprint density at radius 1 is 1.33 bits per heavy atom. The minimum atomic E-state index is 0.512. The van der Waals surface area contributed by atoms with E-state index < -0.39 is 0 Å². The van der Waals surface area contributed by atoms with Crippen LogP contribution < -0.4 is 5.73 Å². The zero-order valence-electron chi connectivity index (χ0n) is 7.88. The molecule has 1 aromatic carbocycles. The Balaban J connectivity index is 2.21. The molecule has 0 aliphatic rings. The molecule has 0 amide bonds. The van der Waals surface area contributed by atoms with Gasteiger partial charge in [-0.2, -0.15) is 0 Å². The van der Waals surface area contributed by atoms with Crippen LogP contribution in [-0.2, 0) is 6.42 Å². The van der Waals surface area contributed by atoms with E-state index >= 15 is 0 Å². The molecule has 2 N–H and O–H groups in total. The minimum absolute atomic E-state index is 0.512. The fourth-order valence-corrected chi connectivity index (χ4v) is 1.92. The molecule has 1 aromatic heterocycles. The Labute approximate surface area is 97.1 Å². The second-order valence-corrected chi connectivity index (χ2v) is 4.26. The Bertz CT molecular complexity index is 448. The SMILES string of the molecule is NC(=S)Cc1ccc(-c2csnn2)cc1. The van der Waals surface area contributed by atoms with Crippen LogP contribution in [0.1, 0.15) is 5.56 Å². The van der Waals surface area contributed by atoms with Gasteiger partial charge in [-0.15, -0.1) is 5.10 Å². The molecular weight excluding hydrogens is 226 g/mol. The molecular formula is C10H9N3S2. The van der Waals surface area contributed by atoms with Crippen molar-refractivity contribution in [2.75, 3.05) is 0 Å². The van der Waals surface area contributed by atoms with Gasteiger partial charge in [0.25, 0.3) is 0 Å². The van der Waals surface area contributed by atoms with Crippen molar-refractivity contribution in [2.45, 2.75) is 6.42 Å². The van der Waals surface area contributed by atoms with E-state index in [4.69, 9.17) is 18.0 Å². The van der Waals surface area contributed by atoms with E-state index in [0.717, 1.165) is 16.8 Å². The maximum Gasteiger partial charge on any atom is 0.105 e. The van der Waals surface area contributed by atoms with Gasteiger partial charge < -0.3 is 5.73 Å². The van der Waals surface area contributed by atoms with Gasteiger partial charge in [0.2, 0.25) is 0 Å². The highest BCUT2D eigenvalue weighted by Gasteiger charge is 2.01. The van der Waals surface area contributed by atoms with Crippen LogP contribution in [0.2, 0.25) is 0 Å². The van der Waals surface area contributed by atoms with E-state index in [1.807, 2.05) is 29.6 Å². The highest BCUT2D eigenvalue weighted by atomic mass is 32.1. The lowest BCUT2D eigenvalue weighted by molar-refractivity contribution is 1.16. The lowest BCUT2D eigenvalue weighted by atomic mass is 10.1. The smallest absolute Gasteiger partial charge is 0.105 e. The molecule has 0 spiro atoms. The number of nitrogens with zero attached hydrogens (tertiary/aromatic N) is 2. The molecule has 2 rings (SSSR count). The number of aromatic nitrogens is 2. The molecule has 15 heavy (non-hydrogen) atoms. The monoisotopic (exact) mass is 235 g/mol. The van der Waals surface area contributed by atoms with Crippen molar-refractivity contribution in [1.82, 2.24) is 9.59 Å². The van der Waals surface area contributed by atoms with Crippen molar-refractivity contribution in [1.29, 1.82) is 0 Å². The fraction of sp³-hybridized carbons (Fsp3) is 0.100. The molecule has 0 aliphatic heterocycles. The molecule has 0 bridgehead atoms.